The van der Waals surface area contributed by atoms with Crippen molar-refractivity contribution in [1.29, 1.82) is 0 Å². The van der Waals surface area contributed by atoms with E-state index < -0.39 is 11.9 Å². The van der Waals surface area contributed by atoms with E-state index in [-0.39, 0.29) is 18.8 Å². The van der Waals surface area contributed by atoms with E-state index in [2.05, 4.69) is 18.8 Å². The lowest BCUT2D eigenvalue weighted by atomic mass is 9.97. The van der Waals surface area contributed by atoms with Crippen molar-refractivity contribution in [2.75, 3.05) is 0 Å². The molecule has 2 aromatic rings. The summed E-state index contributed by atoms with van der Waals surface area (Å²) >= 11 is 0. The van der Waals surface area contributed by atoms with Crippen LogP contribution in [0.15, 0.2) is 30.3 Å². The first-order valence-corrected chi connectivity index (χ1v) is 7.58. The molecular weight excluding hydrogens is 323 g/mol. The predicted molar refractivity (Wildman–Crippen MR) is 94.5 cm³/mol. The highest BCUT2D eigenvalue weighted by molar-refractivity contribution is 6.13. The third-order valence-corrected chi connectivity index (χ3v) is 3.37. The quantitative estimate of drug-likeness (QED) is 0.385. The molecule has 4 N–H and O–H groups in total. The van der Waals surface area contributed by atoms with Crippen molar-refractivity contribution in [1.82, 2.24) is 0 Å². The minimum Gasteiger partial charge on any atom is -0.478 e. The van der Waals surface area contributed by atoms with Gasteiger partial charge in [-0.2, -0.15) is 0 Å². The Balaban J connectivity index is 0.000000970. The van der Waals surface area contributed by atoms with Crippen LogP contribution in [-0.4, -0.2) is 39.9 Å². The van der Waals surface area contributed by atoms with Crippen LogP contribution >= 0.6 is 0 Å². The first-order valence-electron chi connectivity index (χ1n) is 7.58. The fourth-order valence-corrected chi connectivity index (χ4v) is 2.20. The molecular formula is C18H18BO6. The maximum Gasteiger partial charge on any atom is 0.482 e. The Morgan fingerprint density at radius 1 is 1.04 bits per heavy atom. The van der Waals surface area contributed by atoms with Gasteiger partial charge in [0.05, 0.1) is 11.1 Å². The third kappa shape index (κ3) is 5.64. The lowest BCUT2D eigenvalue weighted by molar-refractivity contribution is 0.0688. The molecule has 0 amide bonds. The molecule has 0 saturated heterocycles. The van der Waals surface area contributed by atoms with E-state index >= 15 is 0 Å². The first kappa shape index (κ1) is 20.2. The molecule has 1 radical (unpaired) electrons. The molecule has 2 rings (SSSR count). The van der Waals surface area contributed by atoms with Crippen LogP contribution in [0.1, 0.15) is 52.5 Å². The summed E-state index contributed by atoms with van der Waals surface area (Å²) in [5.74, 6) is 3.97. The third-order valence-electron chi connectivity index (χ3n) is 3.37. The van der Waals surface area contributed by atoms with Crippen molar-refractivity contribution in [2.45, 2.75) is 26.2 Å². The molecule has 0 aliphatic carbocycles. The Morgan fingerprint density at radius 2 is 1.72 bits per heavy atom. The van der Waals surface area contributed by atoms with Gasteiger partial charge < -0.3 is 20.3 Å². The van der Waals surface area contributed by atoms with Gasteiger partial charge >= 0.3 is 19.6 Å². The van der Waals surface area contributed by atoms with E-state index in [0.29, 0.717) is 16.3 Å². The average molecular weight is 341 g/mol. The van der Waals surface area contributed by atoms with Gasteiger partial charge in [-0.25, -0.2) is 9.59 Å². The Bertz CT molecular complexity index is 819. The van der Waals surface area contributed by atoms with Crippen LogP contribution in [0.5, 0.6) is 0 Å². The van der Waals surface area contributed by atoms with Crippen molar-refractivity contribution < 1.29 is 29.9 Å². The summed E-state index contributed by atoms with van der Waals surface area (Å²) in [7, 11) is 0. The van der Waals surface area contributed by atoms with Crippen LogP contribution in [0.25, 0.3) is 10.8 Å². The molecule has 0 spiro atoms. The van der Waals surface area contributed by atoms with Gasteiger partial charge in [-0.15, -0.1) is 0 Å². The second kappa shape index (κ2) is 10.1. The van der Waals surface area contributed by atoms with Crippen molar-refractivity contribution in [3.8, 4) is 11.8 Å². The molecule has 25 heavy (non-hydrogen) atoms. The van der Waals surface area contributed by atoms with E-state index in [0.717, 1.165) is 19.3 Å². The van der Waals surface area contributed by atoms with Crippen molar-refractivity contribution in [2.24, 2.45) is 0 Å². The van der Waals surface area contributed by atoms with Gasteiger partial charge in [0.15, 0.2) is 0 Å². The molecule has 0 fully saturated rings. The summed E-state index contributed by atoms with van der Waals surface area (Å²) in [4.78, 5) is 22.4. The number of rotatable bonds is 4. The Kier molecular flexibility index (Phi) is 8.20. The number of carboxylic acids is 2. The molecule has 0 bridgehead atoms. The number of aromatic carboxylic acids is 2. The molecule has 0 aliphatic rings. The number of benzene rings is 2. The van der Waals surface area contributed by atoms with Crippen LogP contribution in [-0.2, 0) is 0 Å². The monoisotopic (exact) mass is 341 g/mol. The summed E-state index contributed by atoms with van der Waals surface area (Å²) in [6.07, 6.45) is 2.81. The predicted octanol–water partition coefficient (Wildman–Crippen LogP) is 2.28. The summed E-state index contributed by atoms with van der Waals surface area (Å²) in [5.41, 5.74) is 0.914. The zero-order valence-electron chi connectivity index (χ0n) is 13.7. The standard InChI is InChI=1S/C18H16O4.BH2O2/c1-2-3-4-5-6-12-7-10-15(18(21)22)14-9-8-13(17(19)20)11-16(12)14;2-1-3/h7-11H,2-4H2,1H3,(H,19,20)(H,21,22);2-3H. The Labute approximate surface area is 146 Å². The fourth-order valence-electron chi connectivity index (χ4n) is 2.20. The van der Waals surface area contributed by atoms with Crippen LogP contribution in [0.3, 0.4) is 0 Å². The topological polar surface area (TPSA) is 115 Å². The highest BCUT2D eigenvalue weighted by atomic mass is 16.4. The fraction of sp³-hybridized carbons (Fsp3) is 0.222. The lowest BCUT2D eigenvalue weighted by Crippen LogP contribution is -2.01. The number of carboxylic acid groups (broad SMARTS) is 2. The molecule has 129 valence electrons. The van der Waals surface area contributed by atoms with E-state index in [1.165, 1.54) is 24.3 Å². The van der Waals surface area contributed by atoms with Gasteiger partial charge in [0, 0.05) is 12.0 Å². The molecule has 0 aliphatic heterocycles. The Hall–Kier alpha value is -2.82. The zero-order chi connectivity index (χ0) is 18.8. The largest absolute Gasteiger partial charge is 0.482 e. The van der Waals surface area contributed by atoms with E-state index in [9.17, 15) is 14.7 Å². The van der Waals surface area contributed by atoms with Crippen molar-refractivity contribution in [3.63, 3.8) is 0 Å². The highest BCUT2D eigenvalue weighted by Crippen LogP contribution is 2.24. The minimum absolute atomic E-state index is 0. The molecule has 6 nitrogen and oxygen atoms in total. The summed E-state index contributed by atoms with van der Waals surface area (Å²) in [6, 6.07) is 7.56. The maximum atomic E-state index is 11.3. The molecule has 0 heterocycles. The van der Waals surface area contributed by atoms with Crippen molar-refractivity contribution >= 4 is 30.4 Å². The maximum absolute atomic E-state index is 11.3. The second-order valence-electron chi connectivity index (χ2n) is 5.05. The van der Waals surface area contributed by atoms with Gasteiger partial charge in [0.1, 0.15) is 0 Å². The highest BCUT2D eigenvalue weighted by Gasteiger charge is 2.13. The van der Waals surface area contributed by atoms with Crippen LogP contribution in [0, 0.1) is 11.8 Å². The number of unbranched alkanes of at least 4 members (excludes halogenated alkanes) is 2. The molecule has 0 aromatic heterocycles. The number of carbonyl (C=O) groups is 2. The number of fused-ring (bicyclic) bond motifs is 1. The Morgan fingerprint density at radius 3 is 2.28 bits per heavy atom. The van der Waals surface area contributed by atoms with E-state index in [4.69, 9.17) is 15.2 Å². The normalized spacial score (nSPS) is 9.40. The zero-order valence-corrected chi connectivity index (χ0v) is 13.7. The summed E-state index contributed by atoms with van der Waals surface area (Å²) < 4.78 is 0. The molecule has 7 heteroatoms. The van der Waals surface area contributed by atoms with Crippen molar-refractivity contribution in [3.05, 3.63) is 47.0 Å². The van der Waals surface area contributed by atoms with Gasteiger partial charge in [0.25, 0.3) is 0 Å². The SMILES string of the molecule is CCCCC#Cc1ccc(C(=O)O)c2ccc(C(=O)O)cc12.O[B]O. The van der Waals surface area contributed by atoms with Gasteiger partial charge in [-0.3, -0.25) is 0 Å². The van der Waals surface area contributed by atoms with E-state index in [1.807, 2.05) is 0 Å². The van der Waals surface area contributed by atoms with Crippen LogP contribution < -0.4 is 0 Å². The molecule has 0 atom stereocenters. The minimum atomic E-state index is -1.05. The van der Waals surface area contributed by atoms with Crippen LogP contribution in [0.2, 0.25) is 0 Å². The van der Waals surface area contributed by atoms with Gasteiger partial charge in [-0.1, -0.05) is 31.3 Å². The van der Waals surface area contributed by atoms with E-state index in [1.54, 1.807) is 6.07 Å². The second-order valence-corrected chi connectivity index (χ2v) is 5.05. The number of hydrogen-bond acceptors (Lipinski definition) is 4. The summed E-state index contributed by atoms with van der Waals surface area (Å²) in [6.45, 7) is 2.08. The smallest absolute Gasteiger partial charge is 0.478 e. The summed E-state index contributed by atoms with van der Waals surface area (Å²) in [5, 5.41) is 33.4. The van der Waals surface area contributed by atoms with Crippen LogP contribution in [0.4, 0.5) is 0 Å². The number of hydrogen-bond donors (Lipinski definition) is 4. The van der Waals surface area contributed by atoms with Gasteiger partial charge in [-0.05, 0) is 41.5 Å². The molecule has 0 unspecified atom stereocenters. The average Bonchev–Trinajstić information content (AvgIpc) is 2.58. The first-order chi connectivity index (χ1) is 12.0. The van der Waals surface area contributed by atoms with Gasteiger partial charge in [0.2, 0.25) is 0 Å². The molecule has 0 saturated carbocycles. The molecule has 2 aromatic carbocycles. The lowest BCUT2D eigenvalue weighted by Gasteiger charge is -2.06.